The van der Waals surface area contributed by atoms with E-state index in [1.54, 1.807) is 38.0 Å². The number of piperidine rings is 1. The molecule has 1 unspecified atom stereocenters. The Kier molecular flexibility index (Phi) is 7.06. The lowest BCUT2D eigenvalue weighted by molar-refractivity contribution is -0.116. The summed E-state index contributed by atoms with van der Waals surface area (Å²) >= 11 is 6.02. The Bertz CT molecular complexity index is 738. The SMILES string of the molecule is COc1ccc(Cl)cc1NC(=O)CCC1CCCN(CCn2cnnc2)C1. The number of carbonyl (C=O) groups is 1. The molecule has 146 valence electrons. The number of nitrogens with zero attached hydrogens (tertiary/aromatic N) is 4. The summed E-state index contributed by atoms with van der Waals surface area (Å²) in [6.45, 7) is 4.04. The number of benzene rings is 1. The van der Waals surface area contributed by atoms with Crippen molar-refractivity contribution < 1.29 is 9.53 Å². The first-order chi connectivity index (χ1) is 13.1. The molecule has 27 heavy (non-hydrogen) atoms. The maximum Gasteiger partial charge on any atom is 0.224 e. The summed E-state index contributed by atoms with van der Waals surface area (Å²) in [5.41, 5.74) is 0.620. The molecule has 1 aromatic heterocycles. The summed E-state index contributed by atoms with van der Waals surface area (Å²) in [7, 11) is 1.58. The topological polar surface area (TPSA) is 72.3 Å². The summed E-state index contributed by atoms with van der Waals surface area (Å²) < 4.78 is 7.27. The van der Waals surface area contributed by atoms with E-state index in [9.17, 15) is 4.79 Å². The van der Waals surface area contributed by atoms with E-state index >= 15 is 0 Å². The number of hydrogen-bond acceptors (Lipinski definition) is 5. The first-order valence-corrected chi connectivity index (χ1v) is 9.70. The highest BCUT2D eigenvalue weighted by molar-refractivity contribution is 6.31. The lowest BCUT2D eigenvalue weighted by Crippen LogP contribution is -2.37. The van der Waals surface area contributed by atoms with Gasteiger partial charge < -0.3 is 19.5 Å². The molecule has 1 aliphatic rings. The zero-order chi connectivity index (χ0) is 19.1. The minimum atomic E-state index is -0.00261. The highest BCUT2D eigenvalue weighted by atomic mass is 35.5. The first kappa shape index (κ1) is 19.6. The van der Waals surface area contributed by atoms with E-state index in [0.29, 0.717) is 28.8 Å². The van der Waals surface area contributed by atoms with Crippen molar-refractivity contribution in [1.29, 1.82) is 0 Å². The van der Waals surface area contributed by atoms with Gasteiger partial charge in [0.1, 0.15) is 18.4 Å². The van der Waals surface area contributed by atoms with Gasteiger partial charge in [0.2, 0.25) is 5.91 Å². The van der Waals surface area contributed by atoms with Crippen LogP contribution in [0.3, 0.4) is 0 Å². The van der Waals surface area contributed by atoms with Gasteiger partial charge in [0.05, 0.1) is 12.8 Å². The van der Waals surface area contributed by atoms with Gasteiger partial charge in [-0.2, -0.15) is 0 Å². The molecule has 1 N–H and O–H groups in total. The molecule has 1 saturated heterocycles. The van der Waals surface area contributed by atoms with Gasteiger partial charge in [-0.15, -0.1) is 10.2 Å². The zero-order valence-corrected chi connectivity index (χ0v) is 16.4. The van der Waals surface area contributed by atoms with Crippen molar-refractivity contribution in [2.75, 3.05) is 32.1 Å². The van der Waals surface area contributed by atoms with Crippen LogP contribution in [-0.2, 0) is 11.3 Å². The van der Waals surface area contributed by atoms with Gasteiger partial charge in [0.25, 0.3) is 0 Å². The van der Waals surface area contributed by atoms with E-state index in [4.69, 9.17) is 16.3 Å². The lowest BCUT2D eigenvalue weighted by Gasteiger charge is -2.32. The molecule has 1 aromatic carbocycles. The molecule has 0 bridgehead atoms. The van der Waals surface area contributed by atoms with Crippen LogP contribution in [0.25, 0.3) is 0 Å². The second-order valence-electron chi connectivity index (χ2n) is 6.94. The van der Waals surface area contributed by atoms with E-state index in [-0.39, 0.29) is 5.91 Å². The van der Waals surface area contributed by atoms with E-state index in [2.05, 4.69) is 20.4 Å². The van der Waals surface area contributed by atoms with E-state index < -0.39 is 0 Å². The fourth-order valence-electron chi connectivity index (χ4n) is 3.51. The number of ether oxygens (including phenoxy) is 1. The second-order valence-corrected chi connectivity index (χ2v) is 7.38. The molecule has 1 amide bonds. The van der Waals surface area contributed by atoms with Crippen LogP contribution in [-0.4, -0.2) is 52.3 Å². The fraction of sp³-hybridized carbons (Fsp3) is 0.526. The van der Waals surface area contributed by atoms with E-state index in [1.807, 2.05) is 4.57 Å². The monoisotopic (exact) mass is 391 g/mol. The van der Waals surface area contributed by atoms with Crippen LogP contribution in [0.2, 0.25) is 5.02 Å². The summed E-state index contributed by atoms with van der Waals surface area (Å²) in [6, 6.07) is 5.21. The number of rotatable bonds is 8. The molecule has 0 aliphatic carbocycles. The Labute approximate surface area is 164 Å². The highest BCUT2D eigenvalue weighted by Crippen LogP contribution is 2.28. The minimum Gasteiger partial charge on any atom is -0.495 e. The predicted octanol–water partition coefficient (Wildman–Crippen LogP) is 3.07. The van der Waals surface area contributed by atoms with Crippen LogP contribution in [0.15, 0.2) is 30.9 Å². The summed E-state index contributed by atoms with van der Waals surface area (Å²) in [5.74, 6) is 1.16. The Morgan fingerprint density at radius 1 is 1.33 bits per heavy atom. The summed E-state index contributed by atoms with van der Waals surface area (Å²) in [6.07, 6.45) is 7.23. The molecule has 8 heteroatoms. The largest absolute Gasteiger partial charge is 0.495 e. The third-order valence-electron chi connectivity index (χ3n) is 4.96. The lowest BCUT2D eigenvalue weighted by atomic mass is 9.93. The van der Waals surface area contributed by atoms with Crippen LogP contribution in [0.5, 0.6) is 5.75 Å². The maximum absolute atomic E-state index is 12.4. The van der Waals surface area contributed by atoms with Crippen LogP contribution in [0.1, 0.15) is 25.7 Å². The zero-order valence-electron chi connectivity index (χ0n) is 15.6. The van der Waals surface area contributed by atoms with Gasteiger partial charge in [-0.25, -0.2) is 0 Å². The quantitative estimate of drug-likeness (QED) is 0.748. The molecule has 1 fully saturated rings. The number of halogens is 1. The molecule has 3 rings (SSSR count). The minimum absolute atomic E-state index is 0.00261. The molecule has 2 aromatic rings. The van der Waals surface area contributed by atoms with Crippen molar-refractivity contribution in [3.8, 4) is 5.75 Å². The van der Waals surface area contributed by atoms with Crippen molar-refractivity contribution in [2.24, 2.45) is 5.92 Å². The molecule has 0 saturated carbocycles. The number of aromatic nitrogens is 3. The van der Waals surface area contributed by atoms with Crippen molar-refractivity contribution in [3.05, 3.63) is 35.9 Å². The molecular weight excluding hydrogens is 366 g/mol. The van der Waals surface area contributed by atoms with Gasteiger partial charge in [-0.05, 0) is 49.9 Å². The second kappa shape index (κ2) is 9.71. The predicted molar refractivity (Wildman–Crippen MR) is 105 cm³/mol. The van der Waals surface area contributed by atoms with Gasteiger partial charge in [0, 0.05) is 31.1 Å². The Morgan fingerprint density at radius 2 is 2.15 bits per heavy atom. The molecule has 7 nitrogen and oxygen atoms in total. The molecule has 0 spiro atoms. The van der Waals surface area contributed by atoms with Crippen LogP contribution >= 0.6 is 11.6 Å². The average Bonchev–Trinajstić information content (AvgIpc) is 3.19. The fourth-order valence-corrected chi connectivity index (χ4v) is 3.68. The van der Waals surface area contributed by atoms with Gasteiger partial charge >= 0.3 is 0 Å². The van der Waals surface area contributed by atoms with Crippen molar-refractivity contribution >= 4 is 23.2 Å². The Morgan fingerprint density at radius 3 is 2.93 bits per heavy atom. The molecular formula is C19H26ClN5O2. The molecule has 1 atom stereocenters. The molecule has 0 radical (unpaired) electrons. The number of anilines is 1. The van der Waals surface area contributed by atoms with Gasteiger partial charge in [-0.1, -0.05) is 11.6 Å². The number of hydrogen-bond donors (Lipinski definition) is 1. The van der Waals surface area contributed by atoms with Crippen molar-refractivity contribution in [2.45, 2.75) is 32.2 Å². The van der Waals surface area contributed by atoms with Crippen LogP contribution < -0.4 is 10.1 Å². The van der Waals surface area contributed by atoms with E-state index in [1.165, 1.54) is 12.8 Å². The number of carbonyl (C=O) groups excluding carboxylic acids is 1. The van der Waals surface area contributed by atoms with Gasteiger partial charge in [0.15, 0.2) is 0 Å². The molecule has 2 heterocycles. The van der Waals surface area contributed by atoms with Crippen molar-refractivity contribution in [1.82, 2.24) is 19.7 Å². The number of amides is 1. The first-order valence-electron chi connectivity index (χ1n) is 9.32. The van der Waals surface area contributed by atoms with Crippen LogP contribution in [0.4, 0.5) is 5.69 Å². The number of nitrogens with one attached hydrogen (secondary N) is 1. The molecule has 1 aliphatic heterocycles. The normalized spacial score (nSPS) is 17.6. The standard InChI is InChI=1S/C19H26ClN5O2/c1-27-18-6-5-16(20)11-17(18)23-19(26)7-4-15-3-2-8-24(12-15)9-10-25-13-21-22-14-25/h5-6,11,13-15H,2-4,7-10,12H2,1H3,(H,23,26). The number of methoxy groups -OCH3 is 1. The third kappa shape index (κ3) is 5.94. The smallest absolute Gasteiger partial charge is 0.224 e. The third-order valence-corrected chi connectivity index (χ3v) is 5.19. The summed E-state index contributed by atoms with van der Waals surface area (Å²) in [5, 5.41) is 11.2. The van der Waals surface area contributed by atoms with E-state index in [0.717, 1.165) is 32.6 Å². The van der Waals surface area contributed by atoms with Gasteiger partial charge in [-0.3, -0.25) is 4.79 Å². The Balaban J connectivity index is 1.43. The number of likely N-dealkylation sites (tertiary alicyclic amines) is 1. The highest BCUT2D eigenvalue weighted by Gasteiger charge is 2.20. The summed E-state index contributed by atoms with van der Waals surface area (Å²) in [4.78, 5) is 14.8. The van der Waals surface area contributed by atoms with Crippen LogP contribution in [0, 0.1) is 5.92 Å². The van der Waals surface area contributed by atoms with Crippen molar-refractivity contribution in [3.63, 3.8) is 0 Å². The maximum atomic E-state index is 12.4. The average molecular weight is 392 g/mol. The Hall–Kier alpha value is -2.12.